The fraction of sp³-hybridized carbons (Fsp3) is 0.357. The summed E-state index contributed by atoms with van der Waals surface area (Å²) in [6.07, 6.45) is -0.679. The molecule has 2 amide bonds. The van der Waals surface area contributed by atoms with Crippen LogP contribution in [0.2, 0.25) is 0 Å². The minimum Gasteiger partial charge on any atom is -0.481 e. The average molecular weight is 294 g/mol. The molecule has 0 aromatic heterocycles. The highest BCUT2D eigenvalue weighted by Crippen LogP contribution is 2.12. The summed E-state index contributed by atoms with van der Waals surface area (Å²) in [5.41, 5.74) is 1.95. The van der Waals surface area contributed by atoms with Gasteiger partial charge in [-0.15, -0.1) is 0 Å². The molecule has 2 unspecified atom stereocenters. The summed E-state index contributed by atoms with van der Waals surface area (Å²) in [5, 5.41) is 22.1. The summed E-state index contributed by atoms with van der Waals surface area (Å²) in [6.45, 7) is 3.69. The number of rotatable bonds is 6. The van der Waals surface area contributed by atoms with Crippen LogP contribution in [0.3, 0.4) is 0 Å². The number of aliphatic carboxylic acids is 2. The van der Waals surface area contributed by atoms with E-state index >= 15 is 0 Å². The zero-order valence-corrected chi connectivity index (χ0v) is 11.8. The molecule has 0 bridgehead atoms. The van der Waals surface area contributed by atoms with Gasteiger partial charge in [-0.3, -0.25) is 4.79 Å². The Kier molecular flexibility index (Phi) is 5.71. The van der Waals surface area contributed by atoms with Gasteiger partial charge in [0.25, 0.3) is 0 Å². The van der Waals surface area contributed by atoms with Crippen LogP contribution in [0.1, 0.15) is 30.5 Å². The second-order valence-corrected chi connectivity index (χ2v) is 4.74. The molecule has 21 heavy (non-hydrogen) atoms. The second kappa shape index (κ2) is 7.28. The summed E-state index contributed by atoms with van der Waals surface area (Å²) in [7, 11) is 0. The minimum atomic E-state index is -1.47. The summed E-state index contributed by atoms with van der Waals surface area (Å²) in [5.74, 6) is -2.69. The number of carboxylic acid groups (broad SMARTS) is 2. The monoisotopic (exact) mass is 294 g/mol. The lowest BCUT2D eigenvalue weighted by atomic mass is 10.1. The van der Waals surface area contributed by atoms with E-state index in [1.807, 2.05) is 31.2 Å². The standard InChI is InChI=1S/C14H18N2O5/c1-8-3-5-10(6-4-8)9(2)15-14(21)16-11(13(19)20)7-12(17)18/h3-6,9,11H,7H2,1-2H3,(H,17,18)(H,19,20)(H2,15,16,21). The van der Waals surface area contributed by atoms with E-state index in [-0.39, 0.29) is 6.04 Å². The zero-order valence-electron chi connectivity index (χ0n) is 11.8. The normalized spacial score (nSPS) is 13.0. The van der Waals surface area contributed by atoms with E-state index in [2.05, 4.69) is 10.6 Å². The van der Waals surface area contributed by atoms with Gasteiger partial charge < -0.3 is 20.8 Å². The molecule has 1 rings (SSSR count). The maximum Gasteiger partial charge on any atom is 0.326 e. The molecule has 0 saturated heterocycles. The number of urea groups is 1. The molecule has 7 nitrogen and oxygen atoms in total. The fourth-order valence-corrected chi connectivity index (χ4v) is 1.71. The summed E-state index contributed by atoms with van der Waals surface area (Å²) in [4.78, 5) is 33.1. The van der Waals surface area contributed by atoms with Crippen molar-refractivity contribution in [2.45, 2.75) is 32.4 Å². The minimum absolute atomic E-state index is 0.329. The van der Waals surface area contributed by atoms with Gasteiger partial charge in [-0.05, 0) is 19.4 Å². The molecule has 1 aromatic carbocycles. The molecule has 0 aliphatic rings. The molecule has 0 radical (unpaired) electrons. The van der Waals surface area contributed by atoms with Gasteiger partial charge >= 0.3 is 18.0 Å². The van der Waals surface area contributed by atoms with Crippen molar-refractivity contribution in [3.05, 3.63) is 35.4 Å². The third kappa shape index (κ3) is 5.52. The Balaban J connectivity index is 2.61. The third-order valence-corrected chi connectivity index (χ3v) is 2.91. The smallest absolute Gasteiger partial charge is 0.326 e. The van der Waals surface area contributed by atoms with Crippen LogP contribution in [-0.4, -0.2) is 34.2 Å². The van der Waals surface area contributed by atoms with Crippen LogP contribution in [0.4, 0.5) is 4.79 Å². The van der Waals surface area contributed by atoms with Gasteiger partial charge in [0.05, 0.1) is 12.5 Å². The highest BCUT2D eigenvalue weighted by atomic mass is 16.4. The number of hydrogen-bond donors (Lipinski definition) is 4. The quantitative estimate of drug-likeness (QED) is 0.631. The largest absolute Gasteiger partial charge is 0.481 e. The van der Waals surface area contributed by atoms with Crippen LogP contribution in [0.5, 0.6) is 0 Å². The number of aryl methyl sites for hydroxylation is 1. The Bertz CT molecular complexity index is 527. The first-order valence-electron chi connectivity index (χ1n) is 6.37. The van der Waals surface area contributed by atoms with Crippen LogP contribution in [0.25, 0.3) is 0 Å². The van der Waals surface area contributed by atoms with Gasteiger partial charge in [0, 0.05) is 0 Å². The van der Waals surface area contributed by atoms with Crippen LogP contribution < -0.4 is 10.6 Å². The molecule has 0 fully saturated rings. The lowest BCUT2D eigenvalue weighted by Crippen LogP contribution is -2.47. The number of carboxylic acids is 2. The van der Waals surface area contributed by atoms with Crippen molar-refractivity contribution < 1.29 is 24.6 Å². The van der Waals surface area contributed by atoms with Crippen LogP contribution in [-0.2, 0) is 9.59 Å². The molecular weight excluding hydrogens is 276 g/mol. The molecule has 7 heteroatoms. The van der Waals surface area contributed by atoms with E-state index in [4.69, 9.17) is 10.2 Å². The molecule has 0 aliphatic heterocycles. The molecular formula is C14H18N2O5. The molecule has 0 saturated carbocycles. The van der Waals surface area contributed by atoms with Crippen LogP contribution in [0, 0.1) is 6.92 Å². The molecule has 2 atom stereocenters. The van der Waals surface area contributed by atoms with E-state index in [0.29, 0.717) is 0 Å². The first kappa shape index (κ1) is 16.5. The zero-order chi connectivity index (χ0) is 16.0. The second-order valence-electron chi connectivity index (χ2n) is 4.74. The van der Waals surface area contributed by atoms with E-state index in [1.165, 1.54) is 0 Å². The number of benzene rings is 1. The number of carbonyl (C=O) groups excluding carboxylic acids is 1. The first-order valence-corrected chi connectivity index (χ1v) is 6.37. The van der Waals surface area contributed by atoms with E-state index < -0.39 is 30.4 Å². The highest BCUT2D eigenvalue weighted by molar-refractivity contribution is 5.86. The van der Waals surface area contributed by atoms with Gasteiger partial charge in [0.15, 0.2) is 0 Å². The number of nitrogens with one attached hydrogen (secondary N) is 2. The fourth-order valence-electron chi connectivity index (χ4n) is 1.71. The highest BCUT2D eigenvalue weighted by Gasteiger charge is 2.23. The van der Waals surface area contributed by atoms with Crippen molar-refractivity contribution >= 4 is 18.0 Å². The summed E-state index contributed by atoms with van der Waals surface area (Å²) < 4.78 is 0. The van der Waals surface area contributed by atoms with Crippen molar-refractivity contribution in [2.24, 2.45) is 0 Å². The maximum atomic E-state index is 11.7. The SMILES string of the molecule is Cc1ccc(C(C)NC(=O)NC(CC(=O)O)C(=O)O)cc1. The van der Waals surface area contributed by atoms with Crippen LogP contribution in [0.15, 0.2) is 24.3 Å². The van der Waals surface area contributed by atoms with E-state index in [0.717, 1.165) is 11.1 Å². The van der Waals surface area contributed by atoms with Crippen molar-refractivity contribution in [1.82, 2.24) is 10.6 Å². The average Bonchev–Trinajstić information content (AvgIpc) is 2.37. The first-order chi connectivity index (χ1) is 9.79. The predicted molar refractivity (Wildman–Crippen MR) is 74.9 cm³/mol. The van der Waals surface area contributed by atoms with Gasteiger partial charge in [0.1, 0.15) is 6.04 Å². The Hall–Kier alpha value is -2.57. The van der Waals surface area contributed by atoms with Crippen LogP contribution >= 0.6 is 0 Å². The number of hydrogen-bond acceptors (Lipinski definition) is 3. The molecule has 114 valence electrons. The van der Waals surface area contributed by atoms with Gasteiger partial charge in [-0.25, -0.2) is 9.59 Å². The Morgan fingerprint density at radius 1 is 1.10 bits per heavy atom. The molecule has 1 aromatic rings. The number of carbonyl (C=O) groups is 3. The van der Waals surface area contributed by atoms with Crippen molar-refractivity contribution in [3.8, 4) is 0 Å². The lowest BCUT2D eigenvalue weighted by Gasteiger charge is -2.18. The lowest BCUT2D eigenvalue weighted by molar-refractivity contribution is -0.145. The molecule has 4 N–H and O–H groups in total. The molecule has 0 aliphatic carbocycles. The van der Waals surface area contributed by atoms with Gasteiger partial charge in [-0.2, -0.15) is 0 Å². The van der Waals surface area contributed by atoms with E-state index in [9.17, 15) is 14.4 Å². The molecule has 0 spiro atoms. The topological polar surface area (TPSA) is 116 Å². The summed E-state index contributed by atoms with van der Waals surface area (Å²) in [6, 6.07) is 4.99. The Morgan fingerprint density at radius 2 is 1.67 bits per heavy atom. The maximum absolute atomic E-state index is 11.7. The predicted octanol–water partition coefficient (Wildman–Crippen LogP) is 1.28. The summed E-state index contributed by atoms with van der Waals surface area (Å²) >= 11 is 0. The van der Waals surface area contributed by atoms with Crippen molar-refractivity contribution in [2.75, 3.05) is 0 Å². The van der Waals surface area contributed by atoms with Crippen molar-refractivity contribution in [1.29, 1.82) is 0 Å². The van der Waals surface area contributed by atoms with Gasteiger partial charge in [0.2, 0.25) is 0 Å². The number of amides is 2. The Morgan fingerprint density at radius 3 is 2.14 bits per heavy atom. The third-order valence-electron chi connectivity index (χ3n) is 2.91. The van der Waals surface area contributed by atoms with Crippen molar-refractivity contribution in [3.63, 3.8) is 0 Å². The van der Waals surface area contributed by atoms with Gasteiger partial charge in [-0.1, -0.05) is 29.8 Å². The molecule has 0 heterocycles. The van der Waals surface area contributed by atoms with E-state index in [1.54, 1.807) is 6.92 Å². The Labute approximate surface area is 122 Å².